The number of aromatic carboxylic acids is 1. The van der Waals surface area contributed by atoms with E-state index in [0.717, 1.165) is 25.8 Å². The summed E-state index contributed by atoms with van der Waals surface area (Å²) in [5.74, 6) is -0.867. The van der Waals surface area contributed by atoms with Crippen molar-refractivity contribution in [2.75, 3.05) is 5.32 Å². The predicted molar refractivity (Wildman–Crippen MR) is 126 cm³/mol. The Hall–Kier alpha value is -3.18. The summed E-state index contributed by atoms with van der Waals surface area (Å²) in [5.41, 5.74) is 5.34. The first-order valence-electron chi connectivity index (χ1n) is 11.5. The third kappa shape index (κ3) is 4.68. The van der Waals surface area contributed by atoms with E-state index in [2.05, 4.69) is 51.6 Å². The molecule has 0 radical (unpaired) electrons. The van der Waals surface area contributed by atoms with Gasteiger partial charge in [-0.15, -0.1) is 0 Å². The average Bonchev–Trinajstić information content (AvgIpc) is 3.03. The second-order valence-corrected chi connectivity index (χ2v) is 9.10. The molecule has 1 aromatic heterocycles. The minimum absolute atomic E-state index is 0.353. The first-order valence-corrected chi connectivity index (χ1v) is 11.5. The summed E-state index contributed by atoms with van der Waals surface area (Å²) in [4.78, 5) is 17.8. The van der Waals surface area contributed by atoms with Crippen molar-refractivity contribution in [2.45, 2.75) is 56.8 Å². The molecule has 2 fully saturated rings. The van der Waals surface area contributed by atoms with Gasteiger partial charge in [-0.2, -0.15) is 0 Å². The molecule has 2 unspecified atom stereocenters. The zero-order valence-electron chi connectivity index (χ0n) is 18.2. The maximum absolute atomic E-state index is 11.1. The summed E-state index contributed by atoms with van der Waals surface area (Å²) in [6.07, 6.45) is 9.43. The van der Waals surface area contributed by atoms with Gasteiger partial charge in [-0.3, -0.25) is 9.88 Å². The van der Waals surface area contributed by atoms with E-state index in [1.165, 1.54) is 35.2 Å². The zero-order chi connectivity index (χ0) is 21.9. The molecule has 0 spiro atoms. The number of benzene rings is 2. The Labute approximate surface area is 189 Å². The highest BCUT2D eigenvalue weighted by molar-refractivity contribution is 5.87. The van der Waals surface area contributed by atoms with Gasteiger partial charge >= 0.3 is 5.97 Å². The number of carboxylic acid groups (broad SMARTS) is 1. The Morgan fingerprint density at radius 1 is 0.875 bits per heavy atom. The number of pyridine rings is 1. The van der Waals surface area contributed by atoms with E-state index in [9.17, 15) is 4.79 Å². The number of rotatable bonds is 7. The Morgan fingerprint density at radius 2 is 1.47 bits per heavy atom. The highest BCUT2D eigenvalue weighted by Gasteiger charge is 2.40. The van der Waals surface area contributed by atoms with Gasteiger partial charge in [-0.1, -0.05) is 24.3 Å². The van der Waals surface area contributed by atoms with Gasteiger partial charge in [0, 0.05) is 42.8 Å². The average molecular weight is 428 g/mol. The van der Waals surface area contributed by atoms with Crippen LogP contribution in [0.4, 0.5) is 5.69 Å². The lowest BCUT2D eigenvalue weighted by atomic mass is 9.96. The summed E-state index contributed by atoms with van der Waals surface area (Å²) < 4.78 is 0. The molecule has 2 N–H and O–H groups in total. The molecule has 5 nitrogen and oxygen atoms in total. The van der Waals surface area contributed by atoms with Gasteiger partial charge in [0.1, 0.15) is 0 Å². The number of carboxylic acids is 1. The number of nitrogens with one attached hydrogen (secondary N) is 1. The van der Waals surface area contributed by atoms with Gasteiger partial charge in [-0.05, 0) is 85.2 Å². The molecule has 164 valence electrons. The SMILES string of the molecule is O=C(O)c1ccc(CN2C3CCC2CC(Nc2ccc(Cc4ccncc4)cc2)C3)cc1. The van der Waals surface area contributed by atoms with E-state index in [4.69, 9.17) is 5.11 Å². The molecule has 3 aromatic rings. The molecule has 0 aliphatic carbocycles. The van der Waals surface area contributed by atoms with Crippen LogP contribution in [-0.2, 0) is 13.0 Å². The number of hydrogen-bond donors (Lipinski definition) is 2. The molecule has 2 bridgehead atoms. The van der Waals surface area contributed by atoms with Gasteiger partial charge in [0.25, 0.3) is 0 Å². The number of piperidine rings is 1. The third-order valence-corrected chi connectivity index (χ3v) is 6.93. The molecular weight excluding hydrogens is 398 g/mol. The van der Waals surface area contributed by atoms with E-state index in [0.29, 0.717) is 23.7 Å². The van der Waals surface area contributed by atoms with Gasteiger partial charge < -0.3 is 10.4 Å². The van der Waals surface area contributed by atoms with E-state index < -0.39 is 5.97 Å². The zero-order valence-corrected chi connectivity index (χ0v) is 18.2. The van der Waals surface area contributed by atoms with Crippen molar-refractivity contribution in [3.05, 3.63) is 95.3 Å². The van der Waals surface area contributed by atoms with Crippen LogP contribution in [0.1, 0.15) is 52.7 Å². The third-order valence-electron chi connectivity index (χ3n) is 6.93. The Balaban J connectivity index is 1.17. The molecular formula is C27H29N3O2. The molecule has 2 atom stereocenters. The summed E-state index contributed by atoms with van der Waals surface area (Å²) in [7, 11) is 0. The van der Waals surface area contributed by atoms with Gasteiger partial charge in [0.05, 0.1) is 5.56 Å². The predicted octanol–water partition coefficient (Wildman–Crippen LogP) is 4.98. The van der Waals surface area contributed by atoms with Crippen LogP contribution in [0, 0.1) is 0 Å². The topological polar surface area (TPSA) is 65.5 Å². The maximum atomic E-state index is 11.1. The van der Waals surface area contributed by atoms with Crippen molar-refractivity contribution in [3.63, 3.8) is 0 Å². The molecule has 2 aromatic carbocycles. The summed E-state index contributed by atoms with van der Waals surface area (Å²) in [6.45, 7) is 0.908. The lowest BCUT2D eigenvalue weighted by Gasteiger charge is -2.39. The summed E-state index contributed by atoms with van der Waals surface area (Å²) in [6, 6.07) is 22.0. The minimum atomic E-state index is -0.867. The van der Waals surface area contributed by atoms with Crippen LogP contribution in [-0.4, -0.2) is 39.1 Å². The number of nitrogens with zero attached hydrogens (tertiary/aromatic N) is 2. The largest absolute Gasteiger partial charge is 0.478 e. The lowest BCUT2D eigenvalue weighted by molar-refractivity contribution is 0.0696. The van der Waals surface area contributed by atoms with Crippen LogP contribution >= 0.6 is 0 Å². The number of fused-ring (bicyclic) bond motifs is 2. The van der Waals surface area contributed by atoms with Gasteiger partial charge in [-0.25, -0.2) is 4.79 Å². The second-order valence-electron chi connectivity index (χ2n) is 9.10. The number of carbonyl (C=O) groups is 1. The quantitative estimate of drug-likeness (QED) is 0.557. The molecule has 0 saturated carbocycles. The molecule has 5 heteroatoms. The van der Waals surface area contributed by atoms with E-state index in [1.54, 1.807) is 12.1 Å². The fourth-order valence-electron chi connectivity index (χ4n) is 5.30. The number of aromatic nitrogens is 1. The number of anilines is 1. The molecule has 0 amide bonds. The van der Waals surface area contributed by atoms with Crippen molar-refractivity contribution in [3.8, 4) is 0 Å². The Bertz CT molecular complexity index is 1040. The molecule has 3 heterocycles. The highest BCUT2D eigenvalue weighted by Crippen LogP contribution is 2.38. The van der Waals surface area contributed by atoms with E-state index in [-0.39, 0.29) is 0 Å². The molecule has 2 aliphatic heterocycles. The monoisotopic (exact) mass is 427 g/mol. The second kappa shape index (κ2) is 9.13. The van der Waals surface area contributed by atoms with Gasteiger partial charge in [0.15, 0.2) is 0 Å². The molecule has 5 rings (SSSR count). The van der Waals surface area contributed by atoms with Crippen LogP contribution in [0.2, 0.25) is 0 Å². The van der Waals surface area contributed by atoms with Crippen molar-refractivity contribution in [1.29, 1.82) is 0 Å². The van der Waals surface area contributed by atoms with Crippen molar-refractivity contribution >= 4 is 11.7 Å². The summed E-state index contributed by atoms with van der Waals surface area (Å²) in [5, 5.41) is 12.9. The van der Waals surface area contributed by atoms with Crippen LogP contribution in [0.15, 0.2) is 73.1 Å². The first kappa shape index (κ1) is 20.7. The smallest absolute Gasteiger partial charge is 0.335 e. The van der Waals surface area contributed by atoms with Crippen LogP contribution in [0.3, 0.4) is 0 Å². The van der Waals surface area contributed by atoms with Crippen molar-refractivity contribution in [1.82, 2.24) is 9.88 Å². The van der Waals surface area contributed by atoms with Crippen molar-refractivity contribution in [2.24, 2.45) is 0 Å². The molecule has 2 saturated heterocycles. The first-order chi connectivity index (χ1) is 15.6. The van der Waals surface area contributed by atoms with Crippen molar-refractivity contribution < 1.29 is 9.90 Å². The van der Waals surface area contributed by atoms with E-state index >= 15 is 0 Å². The normalized spacial score (nSPS) is 22.6. The molecule has 32 heavy (non-hydrogen) atoms. The lowest BCUT2D eigenvalue weighted by Crippen LogP contribution is -2.46. The summed E-state index contributed by atoms with van der Waals surface area (Å²) >= 11 is 0. The highest BCUT2D eigenvalue weighted by atomic mass is 16.4. The molecule has 2 aliphatic rings. The van der Waals surface area contributed by atoms with E-state index in [1.807, 2.05) is 24.5 Å². The Kier molecular flexibility index (Phi) is 5.91. The minimum Gasteiger partial charge on any atom is -0.478 e. The number of hydrogen-bond acceptors (Lipinski definition) is 4. The fourth-order valence-corrected chi connectivity index (χ4v) is 5.30. The standard InChI is InChI=1S/C27H29N3O2/c31-27(32)22-5-1-21(2-6-22)18-30-25-9-10-26(30)17-24(16-25)29-23-7-3-19(4-8-23)15-20-11-13-28-14-12-20/h1-8,11-14,24-26,29H,9-10,15-18H2,(H,31,32). The van der Waals surface area contributed by atoms with Gasteiger partial charge in [0.2, 0.25) is 0 Å². The van der Waals surface area contributed by atoms with Crippen LogP contribution in [0.25, 0.3) is 0 Å². The fraction of sp³-hybridized carbons (Fsp3) is 0.333. The van der Waals surface area contributed by atoms with Crippen LogP contribution in [0.5, 0.6) is 0 Å². The Morgan fingerprint density at radius 3 is 2.09 bits per heavy atom. The van der Waals surface area contributed by atoms with Crippen LogP contribution < -0.4 is 5.32 Å². The maximum Gasteiger partial charge on any atom is 0.335 e.